The third-order valence-corrected chi connectivity index (χ3v) is 28.4. The van der Waals surface area contributed by atoms with Gasteiger partial charge in [0.25, 0.3) is 0 Å². The van der Waals surface area contributed by atoms with E-state index in [1.807, 2.05) is 78.1 Å². The van der Waals surface area contributed by atoms with E-state index < -0.39 is 0 Å². The third-order valence-electron chi connectivity index (χ3n) is 27.2. The van der Waals surface area contributed by atoms with Gasteiger partial charge in [0.15, 0.2) is 11.3 Å². The summed E-state index contributed by atoms with van der Waals surface area (Å²) in [6.07, 6.45) is 20.7. The largest absolute Gasteiger partial charge is 0.456 e. The molecule has 11 heterocycles. The smallest absolute Gasteiger partial charge is 0.198 e. The standard InChI is InChI=1S/2C26H14N2O.C26H14N2S.C22H12N4.C20H10N6/c1-2-6-16-12-21-18(11-15(16)5-1)19-14-24-20(17-7-3-4-8-23(17)29-24)13-22(19)26-25(21)27-9-10-28-26;1-2-6-16-12-21-18(11-15(16)5-1)19-13-20-17-7-3-4-8-23(17)29-24(20)14-22(19)26-25(21)27-9-10-28-26;1-2-6-16-12-21-18(11-15(16)5-1)19-14-24-20(17-7-3-4-8-23(17)29-24)13-22(19)26-25(21)27-9-10-28-26;1-2-6-14-12-16-15(11-13(14)5-1)19-21(24-10-9-23-19)22-20(16)25-17-7-3-4-8-18(17)26-22;1-2-4-12-10-14-13(9-11(12)3-1)15-17(22-6-5-21-15)18-16(14)25-19-20(26-18)24-8-7-23-19/h3*1-14H;1-12H;1-10H. The highest BCUT2D eigenvalue weighted by Gasteiger charge is 2.24. The first kappa shape index (κ1) is 77.6. The highest BCUT2D eigenvalue weighted by molar-refractivity contribution is 7.26. The van der Waals surface area contributed by atoms with Gasteiger partial charge in [-0.05, 0) is 214 Å². The normalized spacial score (nSPS) is 12.0. The van der Waals surface area contributed by atoms with Gasteiger partial charge in [0, 0.05) is 170 Å². The highest BCUT2D eigenvalue weighted by Crippen LogP contribution is 2.47. The van der Waals surface area contributed by atoms with Gasteiger partial charge in [0.05, 0.1) is 60.7 Å². The first-order valence-corrected chi connectivity index (χ1v) is 46.5. The fraction of sp³-hybridized carbons (Fsp3) is 0. The summed E-state index contributed by atoms with van der Waals surface area (Å²) in [7, 11) is 0. The monoisotopic (exact) mass is 1790 g/mol. The Balaban J connectivity index is 0.0000000837. The van der Waals surface area contributed by atoms with Crippen molar-refractivity contribution < 1.29 is 8.83 Å². The molecule has 0 bridgehead atoms. The van der Waals surface area contributed by atoms with E-state index in [2.05, 4.69) is 279 Å². The third kappa shape index (κ3) is 12.4. The fourth-order valence-corrected chi connectivity index (χ4v) is 22.1. The van der Waals surface area contributed by atoms with Crippen LogP contribution in [-0.4, -0.2) is 79.7 Å². The number of fused-ring (bicyclic) bond motifs is 46. The van der Waals surface area contributed by atoms with Gasteiger partial charge in [-0.25, -0.2) is 29.9 Å². The summed E-state index contributed by atoms with van der Waals surface area (Å²) in [5.41, 5.74) is 18.4. The number of hydrogen-bond donors (Lipinski definition) is 0. The SMILES string of the molecule is c1ccc2cc3c(cc2c1)c1cc2c(cc1c1nccnc31)oc1ccccc12.c1ccc2cc3c(cc2c1)c1cc2oc4ccccc4c2cc1c1nccnc31.c1ccc2cc3c(cc2c1)c1cc2sc4ccccc4c2cc1c1nccnc31.c1ccc2cc3c(cc2c1)c1nccnc1c1nc2ccccc2nc31.c1ccc2cc3c(cc2c1)c1nccnc1c1nc2nccnc2nc31. The molecule has 0 aliphatic carbocycles. The summed E-state index contributed by atoms with van der Waals surface area (Å²) < 4.78 is 15.0. The van der Waals surface area contributed by atoms with Gasteiger partial charge >= 0.3 is 0 Å². The van der Waals surface area contributed by atoms with Crippen LogP contribution in [0.3, 0.4) is 0 Å². The Labute approximate surface area is 788 Å². The van der Waals surface area contributed by atoms with Crippen LogP contribution in [0.15, 0.2) is 399 Å². The summed E-state index contributed by atoms with van der Waals surface area (Å²) in [6.45, 7) is 0. The maximum absolute atomic E-state index is 6.17. The minimum absolute atomic E-state index is 0.507. The van der Waals surface area contributed by atoms with E-state index in [0.717, 1.165) is 186 Å². The van der Waals surface area contributed by atoms with E-state index in [-0.39, 0.29) is 0 Å². The molecular formula is C120H64N16O2S. The Morgan fingerprint density at radius 1 is 0.144 bits per heavy atom. The molecule has 139 heavy (non-hydrogen) atoms. The molecule has 0 fully saturated rings. The number of hydrogen-bond acceptors (Lipinski definition) is 19. The van der Waals surface area contributed by atoms with E-state index in [4.69, 9.17) is 58.7 Å². The molecule has 0 saturated carbocycles. The van der Waals surface area contributed by atoms with E-state index >= 15 is 0 Å². The van der Waals surface area contributed by atoms with Crippen LogP contribution in [0.25, 0.3) is 304 Å². The van der Waals surface area contributed by atoms with Crippen molar-refractivity contribution in [2.24, 2.45) is 0 Å². The maximum atomic E-state index is 6.17. The predicted octanol–water partition coefficient (Wildman–Crippen LogP) is 30.3. The van der Waals surface area contributed by atoms with Crippen LogP contribution in [0.1, 0.15) is 0 Å². The van der Waals surface area contributed by atoms with Crippen molar-refractivity contribution in [2.45, 2.75) is 0 Å². The van der Waals surface area contributed by atoms with Crippen molar-refractivity contribution in [3.8, 4) is 0 Å². The summed E-state index contributed by atoms with van der Waals surface area (Å²) in [4.78, 5) is 74.5. The Hall–Kier alpha value is -19.0. The van der Waals surface area contributed by atoms with Crippen LogP contribution in [0, 0.1) is 0 Å². The van der Waals surface area contributed by atoms with Gasteiger partial charge in [0.2, 0.25) is 0 Å². The van der Waals surface area contributed by atoms with Gasteiger partial charge in [-0.15, -0.1) is 11.3 Å². The molecule has 0 aliphatic heterocycles. The van der Waals surface area contributed by atoms with E-state index in [1.165, 1.54) is 101 Å². The number of para-hydroxylation sites is 4. The van der Waals surface area contributed by atoms with Crippen molar-refractivity contribution >= 4 is 315 Å². The Kier molecular flexibility index (Phi) is 17.2. The van der Waals surface area contributed by atoms with E-state index in [9.17, 15) is 0 Å². The maximum Gasteiger partial charge on any atom is 0.198 e. The van der Waals surface area contributed by atoms with Gasteiger partial charge in [0.1, 0.15) is 49.9 Å². The Morgan fingerprint density at radius 2 is 0.388 bits per heavy atom. The summed E-state index contributed by atoms with van der Waals surface area (Å²) >= 11 is 1.86. The molecule has 0 atom stereocenters. The minimum Gasteiger partial charge on any atom is -0.456 e. The second-order valence-corrected chi connectivity index (χ2v) is 36.1. The molecule has 0 saturated heterocycles. The minimum atomic E-state index is 0.507. The van der Waals surface area contributed by atoms with Crippen molar-refractivity contribution in [1.82, 2.24) is 79.7 Å². The number of rotatable bonds is 0. The average molecular weight is 1790 g/mol. The number of aromatic nitrogens is 16. The molecule has 11 aromatic heterocycles. The number of nitrogens with zero attached hydrogens (tertiary/aromatic N) is 16. The van der Waals surface area contributed by atoms with Crippen LogP contribution < -0.4 is 0 Å². The Morgan fingerprint density at radius 3 is 0.799 bits per heavy atom. The average Bonchev–Trinajstić information content (AvgIpc) is 1.73. The molecule has 19 heteroatoms. The molecule has 33 rings (SSSR count). The predicted molar refractivity (Wildman–Crippen MR) is 570 cm³/mol. The van der Waals surface area contributed by atoms with Crippen LogP contribution >= 0.6 is 11.3 Å². The molecule has 0 N–H and O–H groups in total. The molecule has 33 aromatic rings. The lowest BCUT2D eigenvalue weighted by molar-refractivity contribution is 0.669. The second kappa shape index (κ2) is 30.8. The summed E-state index contributed by atoms with van der Waals surface area (Å²) in [5, 5.41) is 37.2. The van der Waals surface area contributed by atoms with Crippen molar-refractivity contribution in [3.05, 3.63) is 390 Å². The quantitative estimate of drug-likeness (QED) is 0.101. The number of furan rings is 2. The fourth-order valence-electron chi connectivity index (χ4n) is 20.9. The number of thiophene rings is 1. The van der Waals surface area contributed by atoms with E-state index in [0.29, 0.717) is 16.8 Å². The first-order valence-electron chi connectivity index (χ1n) is 45.7. The lowest BCUT2D eigenvalue weighted by Gasteiger charge is -2.11. The van der Waals surface area contributed by atoms with Crippen LogP contribution in [0.4, 0.5) is 0 Å². The number of benzene rings is 22. The zero-order valence-electron chi connectivity index (χ0n) is 73.3. The van der Waals surface area contributed by atoms with E-state index in [1.54, 1.807) is 74.4 Å². The van der Waals surface area contributed by atoms with Gasteiger partial charge in [-0.1, -0.05) is 188 Å². The molecular weight excluding hydrogens is 1730 g/mol. The van der Waals surface area contributed by atoms with Crippen molar-refractivity contribution in [2.75, 3.05) is 0 Å². The van der Waals surface area contributed by atoms with Crippen LogP contribution in [0.2, 0.25) is 0 Å². The first-order chi connectivity index (χ1) is 68.9. The molecule has 0 aliphatic rings. The topological polar surface area (TPSA) is 233 Å². The Bertz CT molecular complexity index is 10500. The molecule has 22 aromatic carbocycles. The second-order valence-electron chi connectivity index (χ2n) is 35.0. The van der Waals surface area contributed by atoms with Crippen molar-refractivity contribution in [1.29, 1.82) is 0 Å². The molecule has 0 unspecified atom stereocenters. The molecule has 0 spiro atoms. The van der Waals surface area contributed by atoms with Gasteiger partial charge in [-0.3, -0.25) is 49.8 Å². The summed E-state index contributed by atoms with van der Waals surface area (Å²) in [5.74, 6) is 0. The molecule has 0 radical (unpaired) electrons. The van der Waals surface area contributed by atoms with Gasteiger partial charge < -0.3 is 8.83 Å². The molecule has 18 nitrogen and oxygen atoms in total. The van der Waals surface area contributed by atoms with Gasteiger partial charge in [-0.2, -0.15) is 0 Å². The highest BCUT2D eigenvalue weighted by atomic mass is 32.1. The molecule has 642 valence electrons. The zero-order valence-corrected chi connectivity index (χ0v) is 74.1. The van der Waals surface area contributed by atoms with Crippen LogP contribution in [0.5, 0.6) is 0 Å². The van der Waals surface area contributed by atoms with Crippen LogP contribution in [-0.2, 0) is 0 Å². The van der Waals surface area contributed by atoms with Crippen molar-refractivity contribution in [3.63, 3.8) is 0 Å². The lowest BCUT2D eigenvalue weighted by Crippen LogP contribution is -1.96. The summed E-state index contributed by atoms with van der Waals surface area (Å²) in [6, 6.07) is 111. The lowest BCUT2D eigenvalue weighted by atomic mass is 9.95. The molecule has 0 amide bonds. The zero-order chi connectivity index (χ0) is 91.0.